The molecule has 1 rings (SSSR count). The van der Waals surface area contributed by atoms with Crippen LogP contribution < -0.4 is 5.73 Å². The van der Waals surface area contributed by atoms with E-state index >= 15 is 0 Å². The highest BCUT2D eigenvalue weighted by molar-refractivity contribution is 5.77. The highest BCUT2D eigenvalue weighted by Gasteiger charge is 2.10. The monoisotopic (exact) mass is 208 g/mol. The van der Waals surface area contributed by atoms with E-state index in [4.69, 9.17) is 10.6 Å². The molecule has 82 valence electrons. The van der Waals surface area contributed by atoms with Gasteiger partial charge in [-0.1, -0.05) is 24.3 Å². The topological polar surface area (TPSA) is 55.6 Å². The Balaban J connectivity index is 2.76. The molecule has 0 bridgehead atoms. The summed E-state index contributed by atoms with van der Waals surface area (Å²) in [7, 11) is 3.06. The standard InChI is InChI=1S/C11H16N2O2/c1-13(15-2)11(14)7-9-5-3-4-6-10(9)8-12/h3-6H,7-8,12H2,1-2H3. The molecule has 0 saturated carbocycles. The summed E-state index contributed by atoms with van der Waals surface area (Å²) in [5.74, 6) is -0.0848. The molecule has 1 aromatic carbocycles. The van der Waals surface area contributed by atoms with E-state index in [2.05, 4.69) is 0 Å². The predicted octanol–water partition coefficient (Wildman–Crippen LogP) is 0.708. The van der Waals surface area contributed by atoms with Crippen LogP contribution in [0.5, 0.6) is 0 Å². The molecule has 0 atom stereocenters. The first-order valence-electron chi connectivity index (χ1n) is 4.76. The minimum Gasteiger partial charge on any atom is -0.326 e. The Kier molecular flexibility index (Phi) is 4.27. The minimum absolute atomic E-state index is 0.0848. The first-order chi connectivity index (χ1) is 7.19. The van der Waals surface area contributed by atoms with Gasteiger partial charge in [0.05, 0.1) is 13.5 Å². The van der Waals surface area contributed by atoms with Crippen LogP contribution in [0.4, 0.5) is 0 Å². The molecule has 1 aromatic rings. The summed E-state index contributed by atoms with van der Waals surface area (Å²) in [5.41, 5.74) is 7.53. The zero-order valence-corrected chi connectivity index (χ0v) is 9.06. The smallest absolute Gasteiger partial charge is 0.250 e. The second-order valence-corrected chi connectivity index (χ2v) is 3.22. The van der Waals surface area contributed by atoms with Gasteiger partial charge in [-0.05, 0) is 11.1 Å². The molecule has 1 amide bonds. The molecular weight excluding hydrogens is 192 g/mol. The first-order valence-corrected chi connectivity index (χ1v) is 4.76. The van der Waals surface area contributed by atoms with Crippen molar-refractivity contribution in [3.05, 3.63) is 35.4 Å². The Morgan fingerprint density at radius 1 is 1.40 bits per heavy atom. The third-order valence-electron chi connectivity index (χ3n) is 2.31. The second kappa shape index (κ2) is 5.48. The molecule has 0 radical (unpaired) electrons. The van der Waals surface area contributed by atoms with Gasteiger partial charge in [0, 0.05) is 13.6 Å². The Morgan fingerprint density at radius 2 is 2.00 bits per heavy atom. The molecule has 0 aliphatic carbocycles. The van der Waals surface area contributed by atoms with Crippen molar-refractivity contribution in [1.29, 1.82) is 0 Å². The second-order valence-electron chi connectivity index (χ2n) is 3.22. The predicted molar refractivity (Wildman–Crippen MR) is 57.8 cm³/mol. The van der Waals surface area contributed by atoms with Gasteiger partial charge in [0.15, 0.2) is 0 Å². The van der Waals surface area contributed by atoms with Gasteiger partial charge in [-0.3, -0.25) is 9.63 Å². The number of rotatable bonds is 4. The maximum Gasteiger partial charge on any atom is 0.250 e. The summed E-state index contributed by atoms with van der Waals surface area (Å²) in [4.78, 5) is 16.4. The summed E-state index contributed by atoms with van der Waals surface area (Å²) >= 11 is 0. The molecule has 0 spiro atoms. The number of likely N-dealkylation sites (N-methyl/N-ethyl adjacent to an activating group) is 1. The van der Waals surface area contributed by atoms with Gasteiger partial charge in [0.1, 0.15) is 0 Å². The number of nitrogens with two attached hydrogens (primary N) is 1. The fourth-order valence-electron chi connectivity index (χ4n) is 1.31. The fourth-order valence-corrected chi connectivity index (χ4v) is 1.31. The number of nitrogens with zero attached hydrogens (tertiary/aromatic N) is 1. The molecule has 2 N–H and O–H groups in total. The molecular formula is C11H16N2O2. The summed E-state index contributed by atoms with van der Waals surface area (Å²) < 4.78 is 0. The molecule has 4 nitrogen and oxygen atoms in total. The third kappa shape index (κ3) is 3.04. The maximum atomic E-state index is 11.6. The number of carbonyl (C=O) groups excluding carboxylic acids is 1. The minimum atomic E-state index is -0.0848. The van der Waals surface area contributed by atoms with Crippen molar-refractivity contribution in [3.63, 3.8) is 0 Å². The molecule has 0 aromatic heterocycles. The van der Waals surface area contributed by atoms with E-state index in [9.17, 15) is 4.79 Å². The summed E-state index contributed by atoms with van der Waals surface area (Å²) in [6, 6.07) is 7.64. The average Bonchev–Trinajstić information content (AvgIpc) is 2.28. The highest BCUT2D eigenvalue weighted by atomic mass is 16.7. The van der Waals surface area contributed by atoms with Crippen LogP contribution in [0.15, 0.2) is 24.3 Å². The molecule has 0 aliphatic heterocycles. The van der Waals surface area contributed by atoms with Crippen molar-refractivity contribution >= 4 is 5.91 Å². The Bertz CT molecular complexity index is 339. The molecule has 0 aliphatic rings. The number of carbonyl (C=O) groups is 1. The van der Waals surface area contributed by atoms with Gasteiger partial charge in [-0.15, -0.1) is 0 Å². The van der Waals surface area contributed by atoms with E-state index in [1.54, 1.807) is 7.05 Å². The van der Waals surface area contributed by atoms with Gasteiger partial charge in [0.25, 0.3) is 0 Å². The molecule has 15 heavy (non-hydrogen) atoms. The Labute approximate surface area is 89.6 Å². The van der Waals surface area contributed by atoms with Gasteiger partial charge in [0.2, 0.25) is 5.91 Å². The van der Waals surface area contributed by atoms with Crippen molar-refractivity contribution in [3.8, 4) is 0 Å². The largest absolute Gasteiger partial charge is 0.326 e. The quantitative estimate of drug-likeness (QED) is 0.741. The van der Waals surface area contributed by atoms with Crippen LogP contribution in [0.2, 0.25) is 0 Å². The van der Waals surface area contributed by atoms with E-state index in [-0.39, 0.29) is 5.91 Å². The van der Waals surface area contributed by atoms with Crippen molar-refractivity contribution in [2.24, 2.45) is 5.73 Å². The molecule has 4 heteroatoms. The Morgan fingerprint density at radius 3 is 2.53 bits per heavy atom. The van der Waals surface area contributed by atoms with Crippen molar-refractivity contribution in [2.45, 2.75) is 13.0 Å². The maximum absolute atomic E-state index is 11.6. The molecule has 0 fully saturated rings. The number of hydrogen-bond donors (Lipinski definition) is 1. The zero-order valence-electron chi connectivity index (χ0n) is 9.06. The number of hydroxylamine groups is 2. The van der Waals surface area contributed by atoms with E-state index in [1.807, 2.05) is 24.3 Å². The van der Waals surface area contributed by atoms with Gasteiger partial charge >= 0.3 is 0 Å². The Hall–Kier alpha value is -1.39. The number of amides is 1. The number of benzene rings is 1. The van der Waals surface area contributed by atoms with Crippen LogP contribution in [0.3, 0.4) is 0 Å². The summed E-state index contributed by atoms with van der Waals surface area (Å²) in [6.07, 6.45) is 0.317. The molecule has 0 saturated heterocycles. The van der Waals surface area contributed by atoms with Crippen LogP contribution in [0.25, 0.3) is 0 Å². The zero-order chi connectivity index (χ0) is 11.3. The van der Waals surface area contributed by atoms with Gasteiger partial charge in [-0.2, -0.15) is 0 Å². The average molecular weight is 208 g/mol. The van der Waals surface area contributed by atoms with E-state index in [0.717, 1.165) is 11.1 Å². The molecule has 0 unspecified atom stereocenters. The lowest BCUT2D eigenvalue weighted by Gasteiger charge is -2.14. The van der Waals surface area contributed by atoms with Crippen LogP contribution in [0.1, 0.15) is 11.1 Å². The normalized spacial score (nSPS) is 10.1. The summed E-state index contributed by atoms with van der Waals surface area (Å²) in [6.45, 7) is 0.445. The third-order valence-corrected chi connectivity index (χ3v) is 2.31. The number of hydrogen-bond acceptors (Lipinski definition) is 3. The van der Waals surface area contributed by atoms with Crippen LogP contribution in [-0.2, 0) is 22.6 Å². The fraction of sp³-hybridized carbons (Fsp3) is 0.364. The van der Waals surface area contributed by atoms with E-state index in [1.165, 1.54) is 12.2 Å². The summed E-state index contributed by atoms with van der Waals surface area (Å²) in [5, 5.41) is 1.22. The van der Waals surface area contributed by atoms with Gasteiger partial charge < -0.3 is 5.73 Å². The van der Waals surface area contributed by atoms with Crippen molar-refractivity contribution in [1.82, 2.24) is 5.06 Å². The lowest BCUT2D eigenvalue weighted by molar-refractivity contribution is -0.167. The van der Waals surface area contributed by atoms with Crippen LogP contribution in [-0.4, -0.2) is 25.1 Å². The lowest BCUT2D eigenvalue weighted by atomic mass is 10.0. The SMILES string of the molecule is CON(C)C(=O)Cc1ccccc1CN. The van der Waals surface area contributed by atoms with E-state index in [0.29, 0.717) is 13.0 Å². The lowest BCUT2D eigenvalue weighted by Crippen LogP contribution is -2.27. The van der Waals surface area contributed by atoms with E-state index < -0.39 is 0 Å². The first kappa shape index (κ1) is 11.7. The van der Waals surface area contributed by atoms with Crippen LogP contribution in [0, 0.1) is 0 Å². The van der Waals surface area contributed by atoms with Crippen molar-refractivity contribution < 1.29 is 9.63 Å². The van der Waals surface area contributed by atoms with Gasteiger partial charge in [-0.25, -0.2) is 5.06 Å². The van der Waals surface area contributed by atoms with Crippen LogP contribution >= 0.6 is 0 Å². The highest BCUT2D eigenvalue weighted by Crippen LogP contribution is 2.09. The molecule has 0 heterocycles. The van der Waals surface area contributed by atoms with Crippen molar-refractivity contribution in [2.75, 3.05) is 14.2 Å².